The van der Waals surface area contributed by atoms with Gasteiger partial charge in [0, 0.05) is 0 Å². The van der Waals surface area contributed by atoms with Crippen LogP contribution in [0, 0.1) is 0 Å². The summed E-state index contributed by atoms with van der Waals surface area (Å²) in [6.07, 6.45) is 3.33. The van der Waals surface area contributed by atoms with Crippen LogP contribution in [-0.2, 0) is 6.42 Å². The van der Waals surface area contributed by atoms with Crippen LogP contribution in [0.25, 0.3) is 11.6 Å². The van der Waals surface area contributed by atoms with Crippen molar-refractivity contribution in [1.82, 2.24) is 0 Å². The van der Waals surface area contributed by atoms with Crippen LogP contribution < -0.4 is 0 Å². The van der Waals surface area contributed by atoms with Crippen LogP contribution in [0.1, 0.15) is 27.8 Å². The Morgan fingerprint density at radius 2 is 1.10 bits per heavy atom. The van der Waals surface area contributed by atoms with E-state index in [1.165, 1.54) is 33.4 Å². The van der Waals surface area contributed by atoms with Gasteiger partial charge in [0.1, 0.15) is 0 Å². The lowest BCUT2D eigenvalue weighted by Gasteiger charge is -2.22. The maximum absolute atomic E-state index is 2.30. The van der Waals surface area contributed by atoms with Crippen LogP contribution >= 0.6 is 0 Å². The predicted molar refractivity (Wildman–Crippen MR) is 89.1 cm³/mol. The summed E-state index contributed by atoms with van der Waals surface area (Å²) in [7, 11) is 0. The van der Waals surface area contributed by atoms with E-state index < -0.39 is 0 Å². The third kappa shape index (κ3) is 2.19. The van der Waals surface area contributed by atoms with Crippen LogP contribution in [0.15, 0.2) is 78.9 Å². The highest BCUT2D eigenvalue weighted by Crippen LogP contribution is 2.36. The van der Waals surface area contributed by atoms with Gasteiger partial charge in [-0.3, -0.25) is 0 Å². The molecule has 0 N–H and O–H groups in total. The second-order valence-corrected chi connectivity index (χ2v) is 5.46. The Balaban J connectivity index is 1.96. The first-order valence-electron chi connectivity index (χ1n) is 7.35. The molecule has 100 valence electrons. The average Bonchev–Trinajstić information content (AvgIpc) is 2.55. The minimum atomic E-state index is 1.03. The number of benzene rings is 3. The molecule has 0 unspecified atom stereocenters. The summed E-state index contributed by atoms with van der Waals surface area (Å²) in [4.78, 5) is 0. The second-order valence-electron chi connectivity index (χ2n) is 5.46. The molecule has 21 heavy (non-hydrogen) atoms. The Morgan fingerprint density at radius 3 is 1.71 bits per heavy atom. The van der Waals surface area contributed by atoms with E-state index in [1.807, 2.05) is 0 Å². The van der Waals surface area contributed by atoms with Gasteiger partial charge in [0.2, 0.25) is 0 Å². The van der Waals surface area contributed by atoms with Crippen molar-refractivity contribution in [2.75, 3.05) is 0 Å². The lowest BCUT2D eigenvalue weighted by Crippen LogP contribution is -2.06. The normalized spacial score (nSPS) is 12.5. The lowest BCUT2D eigenvalue weighted by molar-refractivity contribution is 1.14. The van der Waals surface area contributed by atoms with E-state index in [1.54, 1.807) is 0 Å². The SMILES string of the molecule is C(=C1c2ccccc2Cc2ccccc21)c1ccccc1. The molecular formula is C21H16. The first-order chi connectivity index (χ1) is 10.4. The topological polar surface area (TPSA) is 0 Å². The number of fused-ring (bicyclic) bond motifs is 2. The largest absolute Gasteiger partial charge is 0.0622 e. The van der Waals surface area contributed by atoms with Gasteiger partial charge in [-0.15, -0.1) is 0 Å². The predicted octanol–water partition coefficient (Wildman–Crippen LogP) is 5.18. The van der Waals surface area contributed by atoms with Crippen molar-refractivity contribution in [3.63, 3.8) is 0 Å². The maximum atomic E-state index is 2.30. The molecule has 0 bridgehead atoms. The molecule has 0 saturated carbocycles. The molecule has 3 aromatic rings. The molecule has 0 radical (unpaired) electrons. The third-order valence-electron chi connectivity index (χ3n) is 4.11. The van der Waals surface area contributed by atoms with Crippen molar-refractivity contribution >= 4 is 11.6 Å². The van der Waals surface area contributed by atoms with Gasteiger partial charge in [0.15, 0.2) is 0 Å². The van der Waals surface area contributed by atoms with Gasteiger partial charge in [0.25, 0.3) is 0 Å². The average molecular weight is 268 g/mol. The summed E-state index contributed by atoms with van der Waals surface area (Å²) in [5.41, 5.74) is 8.13. The molecule has 0 aliphatic heterocycles. The fourth-order valence-corrected chi connectivity index (χ4v) is 3.10. The first kappa shape index (κ1) is 12.2. The Kier molecular flexibility index (Phi) is 2.93. The fraction of sp³-hybridized carbons (Fsp3) is 0.0476. The maximum Gasteiger partial charge on any atom is -0.00135 e. The molecule has 0 spiro atoms. The van der Waals surface area contributed by atoms with Gasteiger partial charge in [-0.2, -0.15) is 0 Å². The fourth-order valence-electron chi connectivity index (χ4n) is 3.10. The van der Waals surface area contributed by atoms with Gasteiger partial charge in [0.05, 0.1) is 0 Å². The van der Waals surface area contributed by atoms with Crippen LogP contribution in [0.5, 0.6) is 0 Å². The van der Waals surface area contributed by atoms with Crippen molar-refractivity contribution in [2.24, 2.45) is 0 Å². The number of hydrogen-bond acceptors (Lipinski definition) is 0. The molecule has 0 fully saturated rings. The highest BCUT2D eigenvalue weighted by Gasteiger charge is 2.18. The minimum Gasteiger partial charge on any atom is -0.0622 e. The molecule has 0 saturated heterocycles. The van der Waals surface area contributed by atoms with Gasteiger partial charge in [-0.1, -0.05) is 78.9 Å². The molecule has 0 atom stereocenters. The molecule has 3 aromatic carbocycles. The summed E-state index contributed by atoms with van der Waals surface area (Å²) in [5, 5.41) is 0. The highest BCUT2D eigenvalue weighted by molar-refractivity contribution is 5.95. The molecule has 0 aromatic heterocycles. The minimum absolute atomic E-state index is 1.03. The summed E-state index contributed by atoms with van der Waals surface area (Å²) in [6.45, 7) is 0. The number of rotatable bonds is 1. The molecular weight excluding hydrogens is 252 g/mol. The molecule has 0 amide bonds. The van der Waals surface area contributed by atoms with Crippen LogP contribution in [0.3, 0.4) is 0 Å². The third-order valence-corrected chi connectivity index (χ3v) is 4.11. The molecule has 0 heterocycles. The van der Waals surface area contributed by atoms with Crippen LogP contribution in [0.4, 0.5) is 0 Å². The smallest absolute Gasteiger partial charge is 0.00135 e. The van der Waals surface area contributed by atoms with Gasteiger partial charge < -0.3 is 0 Å². The van der Waals surface area contributed by atoms with E-state index in [2.05, 4.69) is 84.9 Å². The van der Waals surface area contributed by atoms with E-state index in [4.69, 9.17) is 0 Å². The van der Waals surface area contributed by atoms with E-state index in [9.17, 15) is 0 Å². The molecule has 0 heteroatoms. The Morgan fingerprint density at radius 1 is 0.571 bits per heavy atom. The zero-order valence-corrected chi connectivity index (χ0v) is 11.8. The van der Waals surface area contributed by atoms with E-state index >= 15 is 0 Å². The van der Waals surface area contributed by atoms with E-state index in [0.717, 1.165) is 6.42 Å². The van der Waals surface area contributed by atoms with Crippen molar-refractivity contribution in [1.29, 1.82) is 0 Å². The summed E-state index contributed by atoms with van der Waals surface area (Å²) in [6, 6.07) is 28.0. The Bertz CT molecular complexity index is 763. The van der Waals surface area contributed by atoms with Crippen molar-refractivity contribution in [2.45, 2.75) is 6.42 Å². The van der Waals surface area contributed by atoms with Crippen molar-refractivity contribution < 1.29 is 0 Å². The van der Waals surface area contributed by atoms with Gasteiger partial charge >= 0.3 is 0 Å². The van der Waals surface area contributed by atoms with Crippen molar-refractivity contribution in [3.8, 4) is 0 Å². The first-order valence-corrected chi connectivity index (χ1v) is 7.35. The van der Waals surface area contributed by atoms with Crippen molar-refractivity contribution in [3.05, 3.63) is 107 Å². The summed E-state index contributed by atoms with van der Waals surface area (Å²) in [5.74, 6) is 0. The van der Waals surface area contributed by atoms with Crippen LogP contribution in [0.2, 0.25) is 0 Å². The van der Waals surface area contributed by atoms with Gasteiger partial charge in [-0.05, 0) is 45.9 Å². The standard InChI is InChI=1S/C21H16/c1-2-8-16(9-3-1)14-21-19-12-6-4-10-17(19)15-18-11-5-7-13-20(18)21/h1-14H,15H2. The summed E-state index contributed by atoms with van der Waals surface area (Å²) >= 11 is 0. The quantitative estimate of drug-likeness (QED) is 0.446. The van der Waals surface area contributed by atoms with E-state index in [-0.39, 0.29) is 0 Å². The van der Waals surface area contributed by atoms with E-state index in [0.29, 0.717) is 0 Å². The Labute approximate surface area is 125 Å². The highest BCUT2D eigenvalue weighted by atomic mass is 14.2. The van der Waals surface area contributed by atoms with Crippen LogP contribution in [-0.4, -0.2) is 0 Å². The molecule has 4 rings (SSSR count). The lowest BCUT2D eigenvalue weighted by atomic mass is 9.81. The zero-order chi connectivity index (χ0) is 14.1. The monoisotopic (exact) mass is 268 g/mol. The second kappa shape index (κ2) is 5.06. The summed E-state index contributed by atoms with van der Waals surface area (Å²) < 4.78 is 0. The zero-order valence-electron chi connectivity index (χ0n) is 11.8. The molecule has 1 aliphatic carbocycles. The Hall–Kier alpha value is -2.60. The molecule has 1 aliphatic rings. The van der Waals surface area contributed by atoms with Gasteiger partial charge in [-0.25, -0.2) is 0 Å². The molecule has 0 nitrogen and oxygen atoms in total. The number of hydrogen-bond donors (Lipinski definition) is 0.